The molecule has 1 aromatic rings. The van der Waals surface area contributed by atoms with Gasteiger partial charge in [0.05, 0.1) is 0 Å². The first-order valence-electron chi connectivity index (χ1n) is 9.56. The number of nitrogens with one attached hydrogen (secondary N) is 2. The molecule has 136 valence electrons. The summed E-state index contributed by atoms with van der Waals surface area (Å²) in [6.45, 7) is 3.25. The van der Waals surface area contributed by atoms with Gasteiger partial charge in [-0.25, -0.2) is 0 Å². The van der Waals surface area contributed by atoms with E-state index >= 15 is 0 Å². The number of nitrogens with zero attached hydrogens (tertiary/aromatic N) is 1. The van der Waals surface area contributed by atoms with Crippen LogP contribution in [-0.2, 0) is 16.1 Å². The number of hydrogen-bond acceptors (Lipinski definition) is 3. The lowest BCUT2D eigenvalue weighted by Gasteiger charge is -2.36. The molecule has 2 aliphatic rings. The molecule has 2 N–H and O–H groups in total. The first kappa shape index (κ1) is 17.9. The third-order valence-electron chi connectivity index (χ3n) is 5.54. The van der Waals surface area contributed by atoms with Gasteiger partial charge in [0.15, 0.2) is 0 Å². The molecular formula is C20H29N3O2. The van der Waals surface area contributed by atoms with Gasteiger partial charge in [0.25, 0.3) is 0 Å². The summed E-state index contributed by atoms with van der Waals surface area (Å²) in [7, 11) is 0. The molecule has 1 aliphatic heterocycles. The van der Waals surface area contributed by atoms with Crippen LogP contribution in [0.1, 0.15) is 44.1 Å². The van der Waals surface area contributed by atoms with Gasteiger partial charge in [0, 0.05) is 19.1 Å². The van der Waals surface area contributed by atoms with Crippen LogP contribution in [0.15, 0.2) is 30.3 Å². The molecule has 0 radical (unpaired) electrons. The van der Waals surface area contributed by atoms with E-state index in [2.05, 4.69) is 15.5 Å². The van der Waals surface area contributed by atoms with Crippen molar-refractivity contribution in [3.8, 4) is 0 Å². The molecule has 0 bridgehead atoms. The number of hydrogen-bond donors (Lipinski definition) is 2. The summed E-state index contributed by atoms with van der Waals surface area (Å²) < 4.78 is 0. The topological polar surface area (TPSA) is 61.4 Å². The summed E-state index contributed by atoms with van der Waals surface area (Å²) in [5.41, 5.74) is 0.989. The van der Waals surface area contributed by atoms with Crippen molar-refractivity contribution < 1.29 is 9.59 Å². The van der Waals surface area contributed by atoms with E-state index in [1.807, 2.05) is 30.3 Å². The fourth-order valence-corrected chi connectivity index (χ4v) is 3.97. The first-order valence-corrected chi connectivity index (χ1v) is 9.56. The lowest BCUT2D eigenvalue weighted by atomic mass is 9.95. The molecule has 5 nitrogen and oxygen atoms in total. The summed E-state index contributed by atoms with van der Waals surface area (Å²) in [5.74, 6) is -0.579. The molecule has 3 rings (SSSR count). The van der Waals surface area contributed by atoms with Crippen molar-refractivity contribution in [2.75, 3.05) is 19.6 Å². The molecule has 25 heavy (non-hydrogen) atoms. The molecule has 1 saturated heterocycles. The van der Waals surface area contributed by atoms with Gasteiger partial charge in [-0.1, -0.05) is 43.2 Å². The molecule has 1 aliphatic carbocycles. The summed E-state index contributed by atoms with van der Waals surface area (Å²) in [6, 6.07) is 10.4. The van der Waals surface area contributed by atoms with Gasteiger partial charge in [-0.15, -0.1) is 0 Å². The third-order valence-corrected chi connectivity index (χ3v) is 5.54. The monoisotopic (exact) mass is 343 g/mol. The van der Waals surface area contributed by atoms with Gasteiger partial charge in [0.1, 0.15) is 0 Å². The largest absolute Gasteiger partial charge is 0.348 e. The van der Waals surface area contributed by atoms with Crippen molar-refractivity contribution in [2.45, 2.75) is 51.1 Å². The molecule has 0 unspecified atom stereocenters. The number of likely N-dealkylation sites (tertiary alicyclic amines) is 1. The predicted molar refractivity (Wildman–Crippen MR) is 97.9 cm³/mol. The molecule has 0 spiro atoms. The van der Waals surface area contributed by atoms with Gasteiger partial charge in [-0.3, -0.25) is 9.59 Å². The molecule has 0 aromatic heterocycles. The average molecular weight is 343 g/mol. The van der Waals surface area contributed by atoms with Crippen LogP contribution in [0.5, 0.6) is 0 Å². The zero-order valence-electron chi connectivity index (χ0n) is 14.9. The lowest BCUT2D eigenvalue weighted by molar-refractivity contribution is -0.139. The molecule has 1 heterocycles. The Balaban J connectivity index is 1.33. The van der Waals surface area contributed by atoms with Gasteiger partial charge in [-0.05, 0) is 50.3 Å². The Morgan fingerprint density at radius 3 is 2.24 bits per heavy atom. The molecule has 2 fully saturated rings. The van der Waals surface area contributed by atoms with Crippen LogP contribution in [0.4, 0.5) is 0 Å². The Bertz CT molecular complexity index is 562. The zero-order valence-corrected chi connectivity index (χ0v) is 14.9. The second kappa shape index (κ2) is 8.99. The zero-order chi connectivity index (χ0) is 17.5. The van der Waals surface area contributed by atoms with E-state index in [1.54, 1.807) is 0 Å². The third kappa shape index (κ3) is 5.30. The standard InChI is InChI=1S/C20H29N3O2/c24-19(21-14-16-6-2-1-3-7-16)20(25)22-15-17-10-12-23(13-11-17)18-8-4-5-9-18/h1-3,6-7,17-18H,4-5,8-15H2,(H,21,24)(H,22,25). The Hall–Kier alpha value is -1.88. The molecule has 1 saturated carbocycles. The maximum Gasteiger partial charge on any atom is 0.309 e. The van der Waals surface area contributed by atoms with E-state index in [9.17, 15) is 9.59 Å². The summed E-state index contributed by atoms with van der Waals surface area (Å²) in [4.78, 5) is 26.5. The number of benzene rings is 1. The lowest BCUT2D eigenvalue weighted by Crippen LogP contribution is -2.45. The van der Waals surface area contributed by atoms with Crippen LogP contribution in [0.3, 0.4) is 0 Å². The van der Waals surface area contributed by atoms with Crippen molar-refractivity contribution >= 4 is 11.8 Å². The van der Waals surface area contributed by atoms with Crippen LogP contribution >= 0.6 is 0 Å². The average Bonchev–Trinajstić information content (AvgIpc) is 3.20. The van der Waals surface area contributed by atoms with Crippen LogP contribution in [-0.4, -0.2) is 42.4 Å². The number of carbonyl (C=O) groups excluding carboxylic acids is 2. The van der Waals surface area contributed by atoms with Gasteiger partial charge in [0.2, 0.25) is 0 Å². The SMILES string of the molecule is O=C(NCc1ccccc1)C(=O)NCC1CCN(C2CCCC2)CC1. The smallest absolute Gasteiger partial charge is 0.309 e. The fourth-order valence-electron chi connectivity index (χ4n) is 3.97. The van der Waals surface area contributed by atoms with Crippen LogP contribution < -0.4 is 10.6 Å². The Kier molecular flexibility index (Phi) is 6.45. The second-order valence-electron chi connectivity index (χ2n) is 7.30. The summed E-state index contributed by atoms with van der Waals surface area (Å²) in [6.07, 6.45) is 7.67. The normalized spacial score (nSPS) is 19.7. The Labute approximate surface area is 150 Å². The summed E-state index contributed by atoms with van der Waals surface area (Å²) in [5, 5.41) is 5.47. The Morgan fingerprint density at radius 1 is 0.920 bits per heavy atom. The molecular weight excluding hydrogens is 314 g/mol. The van der Waals surface area contributed by atoms with Crippen molar-refractivity contribution in [3.63, 3.8) is 0 Å². The molecule has 0 atom stereocenters. The highest BCUT2D eigenvalue weighted by atomic mass is 16.2. The summed E-state index contributed by atoms with van der Waals surface area (Å²) >= 11 is 0. The number of carbonyl (C=O) groups is 2. The fraction of sp³-hybridized carbons (Fsp3) is 0.600. The maximum absolute atomic E-state index is 11.9. The van der Waals surface area contributed by atoms with Crippen LogP contribution in [0, 0.1) is 5.92 Å². The molecule has 5 heteroatoms. The minimum atomic E-state index is -0.549. The van der Waals surface area contributed by atoms with E-state index in [0.29, 0.717) is 19.0 Å². The highest BCUT2D eigenvalue weighted by molar-refractivity contribution is 6.35. The van der Waals surface area contributed by atoms with Crippen LogP contribution in [0.25, 0.3) is 0 Å². The van der Waals surface area contributed by atoms with Crippen molar-refractivity contribution in [3.05, 3.63) is 35.9 Å². The highest BCUT2D eigenvalue weighted by Crippen LogP contribution is 2.27. The van der Waals surface area contributed by atoms with Gasteiger partial charge >= 0.3 is 11.8 Å². The molecule has 1 aromatic carbocycles. The first-order chi connectivity index (χ1) is 12.2. The van der Waals surface area contributed by atoms with E-state index in [1.165, 1.54) is 25.7 Å². The quantitative estimate of drug-likeness (QED) is 0.805. The minimum Gasteiger partial charge on any atom is -0.348 e. The van der Waals surface area contributed by atoms with Crippen molar-refractivity contribution in [2.24, 2.45) is 5.92 Å². The van der Waals surface area contributed by atoms with Crippen LogP contribution in [0.2, 0.25) is 0 Å². The van der Waals surface area contributed by atoms with Crippen molar-refractivity contribution in [1.82, 2.24) is 15.5 Å². The van der Waals surface area contributed by atoms with E-state index in [0.717, 1.165) is 37.5 Å². The van der Waals surface area contributed by atoms with E-state index < -0.39 is 11.8 Å². The highest BCUT2D eigenvalue weighted by Gasteiger charge is 2.27. The van der Waals surface area contributed by atoms with Gasteiger partial charge < -0.3 is 15.5 Å². The number of amides is 2. The van der Waals surface area contributed by atoms with E-state index in [-0.39, 0.29) is 0 Å². The Morgan fingerprint density at radius 2 is 1.56 bits per heavy atom. The number of piperidine rings is 1. The molecule has 2 amide bonds. The minimum absolute atomic E-state index is 0.382. The van der Waals surface area contributed by atoms with E-state index in [4.69, 9.17) is 0 Å². The van der Waals surface area contributed by atoms with Crippen molar-refractivity contribution in [1.29, 1.82) is 0 Å². The predicted octanol–water partition coefficient (Wildman–Crippen LogP) is 2.07. The van der Waals surface area contributed by atoms with Gasteiger partial charge in [-0.2, -0.15) is 0 Å². The maximum atomic E-state index is 11.9. The second-order valence-corrected chi connectivity index (χ2v) is 7.30. The number of rotatable bonds is 5.